The second-order valence-electron chi connectivity index (χ2n) is 3.84. The average Bonchev–Trinajstić information content (AvgIpc) is 2.40. The molecule has 1 aromatic heterocycles. The summed E-state index contributed by atoms with van der Waals surface area (Å²) in [5.74, 6) is -3.91. The van der Waals surface area contributed by atoms with E-state index in [1.54, 1.807) is 31.3 Å². The summed E-state index contributed by atoms with van der Waals surface area (Å²) in [4.78, 5) is 4.09. The lowest BCUT2D eigenvalue weighted by atomic mass is 10.2. The molecule has 0 aliphatic heterocycles. The van der Waals surface area contributed by atoms with Crippen LogP contribution in [0.1, 0.15) is 18.7 Å². The van der Waals surface area contributed by atoms with Crippen molar-refractivity contribution >= 4 is 5.69 Å². The third-order valence-corrected chi connectivity index (χ3v) is 2.54. The van der Waals surface area contributed by atoms with Crippen LogP contribution in [0.2, 0.25) is 0 Å². The fourth-order valence-electron chi connectivity index (χ4n) is 1.58. The highest BCUT2D eigenvalue weighted by molar-refractivity contribution is 5.46. The Bertz CT molecular complexity index is 543. The minimum Gasteiger partial charge on any atom is -0.374 e. The Kier molecular flexibility index (Phi) is 3.50. The maximum Gasteiger partial charge on any atom is 0.196 e. The molecule has 0 saturated heterocycles. The van der Waals surface area contributed by atoms with Crippen molar-refractivity contribution in [1.82, 2.24) is 4.98 Å². The Hall–Kier alpha value is -2.04. The third-order valence-electron chi connectivity index (χ3n) is 2.54. The zero-order valence-corrected chi connectivity index (χ0v) is 9.62. The van der Waals surface area contributed by atoms with E-state index in [4.69, 9.17) is 0 Å². The smallest absolute Gasteiger partial charge is 0.196 e. The lowest BCUT2D eigenvalue weighted by Gasteiger charge is -2.15. The zero-order valence-electron chi connectivity index (χ0n) is 9.62. The molecule has 0 aliphatic carbocycles. The van der Waals surface area contributed by atoms with Crippen molar-refractivity contribution in [3.8, 4) is 0 Å². The Morgan fingerprint density at radius 2 is 1.83 bits per heavy atom. The molecule has 94 valence electrons. The molecule has 2 nitrogen and oxygen atoms in total. The lowest BCUT2D eigenvalue weighted by Crippen LogP contribution is -2.10. The van der Waals surface area contributed by atoms with Gasteiger partial charge < -0.3 is 5.32 Å². The van der Waals surface area contributed by atoms with E-state index in [1.165, 1.54) is 0 Å². The van der Waals surface area contributed by atoms with Crippen molar-refractivity contribution in [1.29, 1.82) is 0 Å². The van der Waals surface area contributed by atoms with E-state index in [2.05, 4.69) is 10.3 Å². The summed E-state index contributed by atoms with van der Waals surface area (Å²) in [7, 11) is 0. The normalized spacial score (nSPS) is 12.2. The summed E-state index contributed by atoms with van der Waals surface area (Å²) in [6, 6.07) is 7.04. The maximum absolute atomic E-state index is 13.4. The topological polar surface area (TPSA) is 24.9 Å². The molecule has 0 fully saturated rings. The number of nitrogens with one attached hydrogen (secondary N) is 1. The largest absolute Gasteiger partial charge is 0.374 e. The van der Waals surface area contributed by atoms with Gasteiger partial charge in [-0.2, -0.15) is 0 Å². The van der Waals surface area contributed by atoms with E-state index in [0.717, 1.165) is 12.1 Å². The molecule has 1 heterocycles. The van der Waals surface area contributed by atoms with Gasteiger partial charge in [0.15, 0.2) is 17.5 Å². The Morgan fingerprint density at radius 3 is 2.50 bits per heavy atom. The second-order valence-corrected chi connectivity index (χ2v) is 3.84. The highest BCUT2D eigenvalue weighted by Gasteiger charge is 2.15. The summed E-state index contributed by atoms with van der Waals surface area (Å²) >= 11 is 0. The molecule has 2 aromatic rings. The minimum absolute atomic E-state index is 0.0907. The first kappa shape index (κ1) is 12.4. The predicted molar refractivity (Wildman–Crippen MR) is 62.6 cm³/mol. The van der Waals surface area contributed by atoms with Crippen LogP contribution in [0, 0.1) is 17.5 Å². The highest BCUT2D eigenvalue weighted by atomic mass is 19.2. The number of rotatable bonds is 3. The van der Waals surface area contributed by atoms with Gasteiger partial charge >= 0.3 is 0 Å². The van der Waals surface area contributed by atoms with E-state index in [9.17, 15) is 13.2 Å². The fourth-order valence-corrected chi connectivity index (χ4v) is 1.58. The standard InChI is InChI=1S/C13H11F3N2/c1-8(10-4-2-3-7-17-10)18-11-6-5-9(14)12(15)13(11)16/h2-8,18H,1H3. The van der Waals surface area contributed by atoms with Gasteiger partial charge in [0.05, 0.1) is 17.4 Å². The van der Waals surface area contributed by atoms with Crippen LogP contribution in [-0.4, -0.2) is 4.98 Å². The van der Waals surface area contributed by atoms with E-state index in [-0.39, 0.29) is 11.7 Å². The number of nitrogens with zero attached hydrogens (tertiary/aromatic N) is 1. The molecule has 1 aromatic carbocycles. The molecule has 1 atom stereocenters. The van der Waals surface area contributed by atoms with Crippen molar-refractivity contribution in [3.63, 3.8) is 0 Å². The first-order valence-corrected chi connectivity index (χ1v) is 5.40. The summed E-state index contributed by atoms with van der Waals surface area (Å²) in [5.41, 5.74) is 0.591. The first-order chi connectivity index (χ1) is 8.59. The molecule has 2 rings (SSSR count). The number of hydrogen-bond donors (Lipinski definition) is 1. The van der Waals surface area contributed by atoms with Crippen molar-refractivity contribution in [2.75, 3.05) is 5.32 Å². The molecule has 5 heteroatoms. The summed E-state index contributed by atoms with van der Waals surface area (Å²) < 4.78 is 39.2. The second kappa shape index (κ2) is 5.08. The summed E-state index contributed by atoms with van der Waals surface area (Å²) in [6.07, 6.45) is 1.61. The van der Waals surface area contributed by atoms with Gasteiger partial charge in [-0.3, -0.25) is 4.98 Å². The number of anilines is 1. The SMILES string of the molecule is CC(Nc1ccc(F)c(F)c1F)c1ccccn1. The number of halogens is 3. The Morgan fingerprint density at radius 1 is 1.06 bits per heavy atom. The molecule has 0 bridgehead atoms. The summed E-state index contributed by atoms with van der Waals surface area (Å²) in [5, 5.41) is 2.75. The third kappa shape index (κ3) is 2.45. The van der Waals surface area contributed by atoms with Crippen LogP contribution in [-0.2, 0) is 0 Å². The van der Waals surface area contributed by atoms with Gasteiger partial charge in [-0.25, -0.2) is 13.2 Å². The molecule has 0 aliphatic rings. The lowest BCUT2D eigenvalue weighted by molar-refractivity contribution is 0.448. The van der Waals surface area contributed by atoms with Crippen molar-refractivity contribution < 1.29 is 13.2 Å². The van der Waals surface area contributed by atoms with E-state index >= 15 is 0 Å². The number of pyridine rings is 1. The molecule has 0 saturated carbocycles. The average molecular weight is 252 g/mol. The van der Waals surface area contributed by atoms with Crippen molar-refractivity contribution in [2.45, 2.75) is 13.0 Å². The zero-order chi connectivity index (χ0) is 13.1. The van der Waals surface area contributed by atoms with Crippen molar-refractivity contribution in [3.05, 3.63) is 59.7 Å². The van der Waals surface area contributed by atoms with Gasteiger partial charge in [-0.15, -0.1) is 0 Å². The van der Waals surface area contributed by atoms with Gasteiger partial charge in [-0.05, 0) is 31.2 Å². The van der Waals surface area contributed by atoms with Crippen LogP contribution < -0.4 is 5.32 Å². The highest BCUT2D eigenvalue weighted by Crippen LogP contribution is 2.23. The quantitative estimate of drug-likeness (QED) is 0.843. The molecule has 0 radical (unpaired) electrons. The monoisotopic (exact) mass is 252 g/mol. The van der Waals surface area contributed by atoms with Gasteiger partial charge in [-0.1, -0.05) is 6.07 Å². The van der Waals surface area contributed by atoms with Crippen LogP contribution >= 0.6 is 0 Å². The Labute approximate surface area is 102 Å². The molecule has 18 heavy (non-hydrogen) atoms. The van der Waals surface area contributed by atoms with Gasteiger partial charge in [0.2, 0.25) is 0 Å². The molecule has 1 unspecified atom stereocenters. The molecule has 1 N–H and O–H groups in total. The minimum atomic E-state index is -1.48. The first-order valence-electron chi connectivity index (χ1n) is 5.40. The number of benzene rings is 1. The van der Waals surface area contributed by atoms with Crippen LogP contribution in [0.25, 0.3) is 0 Å². The van der Waals surface area contributed by atoms with E-state index in [1.807, 2.05) is 0 Å². The fraction of sp³-hybridized carbons (Fsp3) is 0.154. The van der Waals surface area contributed by atoms with Crippen LogP contribution in [0.15, 0.2) is 36.5 Å². The van der Waals surface area contributed by atoms with Crippen LogP contribution in [0.4, 0.5) is 18.9 Å². The number of hydrogen-bond acceptors (Lipinski definition) is 2. The van der Waals surface area contributed by atoms with Gasteiger partial charge in [0, 0.05) is 6.20 Å². The Balaban J connectivity index is 2.22. The van der Waals surface area contributed by atoms with Crippen molar-refractivity contribution in [2.24, 2.45) is 0 Å². The maximum atomic E-state index is 13.4. The molecular formula is C13H11F3N2. The predicted octanol–water partition coefficient (Wildman–Crippen LogP) is 3.67. The van der Waals surface area contributed by atoms with Gasteiger partial charge in [0.25, 0.3) is 0 Å². The van der Waals surface area contributed by atoms with Crippen LogP contribution in [0.5, 0.6) is 0 Å². The molecule has 0 amide bonds. The molecular weight excluding hydrogens is 241 g/mol. The van der Waals surface area contributed by atoms with E-state index < -0.39 is 17.5 Å². The number of aromatic nitrogens is 1. The summed E-state index contributed by atoms with van der Waals surface area (Å²) in [6.45, 7) is 1.75. The molecule has 0 spiro atoms. The van der Waals surface area contributed by atoms with Crippen LogP contribution in [0.3, 0.4) is 0 Å². The van der Waals surface area contributed by atoms with E-state index in [0.29, 0.717) is 5.69 Å². The van der Waals surface area contributed by atoms with Gasteiger partial charge in [0.1, 0.15) is 0 Å².